The fraction of sp³-hybridized carbons (Fsp3) is 0.304. The van der Waals surface area contributed by atoms with Crippen LogP contribution in [-0.4, -0.2) is 58.7 Å². The molecular formula is C23H22F3N5O2. The fourth-order valence-corrected chi connectivity index (χ4v) is 3.56. The monoisotopic (exact) mass is 457 g/mol. The number of carbonyl (C=O) groups excluding carboxylic acids is 1. The largest absolute Gasteiger partial charge is 0.450 e. The van der Waals surface area contributed by atoms with Gasteiger partial charge < -0.3 is 14.5 Å². The molecule has 0 N–H and O–H groups in total. The van der Waals surface area contributed by atoms with E-state index in [-0.39, 0.29) is 6.09 Å². The molecule has 0 saturated carbocycles. The highest BCUT2D eigenvalue weighted by Crippen LogP contribution is 2.33. The molecule has 0 bridgehead atoms. The number of ether oxygens (including phenoxy) is 1. The molecule has 0 unspecified atom stereocenters. The van der Waals surface area contributed by atoms with E-state index in [9.17, 15) is 18.0 Å². The number of nitrogens with zero attached hydrogens (tertiary/aromatic N) is 5. The SMILES string of the molecule is CCOC(=O)N1CCN(c2cc(-c3cccc(C(F)(F)F)c3)nc(-c3ccncc3)n2)CC1. The first-order chi connectivity index (χ1) is 15.8. The Morgan fingerprint density at radius 3 is 2.39 bits per heavy atom. The van der Waals surface area contributed by atoms with E-state index < -0.39 is 11.7 Å². The Morgan fingerprint density at radius 2 is 1.73 bits per heavy atom. The average molecular weight is 457 g/mol. The number of hydrogen-bond donors (Lipinski definition) is 0. The zero-order chi connectivity index (χ0) is 23.4. The molecule has 0 aliphatic carbocycles. The number of piperazine rings is 1. The number of pyridine rings is 1. The molecule has 0 atom stereocenters. The van der Waals surface area contributed by atoms with Crippen molar-refractivity contribution < 1.29 is 22.7 Å². The summed E-state index contributed by atoms with van der Waals surface area (Å²) < 4.78 is 44.9. The molecule has 0 spiro atoms. The molecule has 0 radical (unpaired) electrons. The highest BCUT2D eigenvalue weighted by atomic mass is 19.4. The quantitative estimate of drug-likeness (QED) is 0.575. The summed E-state index contributed by atoms with van der Waals surface area (Å²) in [5.74, 6) is 0.961. The van der Waals surface area contributed by atoms with Gasteiger partial charge in [-0.1, -0.05) is 12.1 Å². The number of hydrogen-bond acceptors (Lipinski definition) is 6. The molecule has 172 valence electrons. The van der Waals surface area contributed by atoms with E-state index in [4.69, 9.17) is 4.74 Å². The maximum Gasteiger partial charge on any atom is 0.416 e. The third-order valence-corrected chi connectivity index (χ3v) is 5.27. The minimum absolute atomic E-state index is 0.306. The minimum Gasteiger partial charge on any atom is -0.450 e. The summed E-state index contributed by atoms with van der Waals surface area (Å²) in [5.41, 5.74) is 0.679. The van der Waals surface area contributed by atoms with Gasteiger partial charge in [0.15, 0.2) is 5.82 Å². The molecule has 7 nitrogen and oxygen atoms in total. The van der Waals surface area contributed by atoms with Gasteiger partial charge in [0, 0.05) is 55.8 Å². The molecule has 1 aliphatic rings. The molecule has 10 heteroatoms. The summed E-state index contributed by atoms with van der Waals surface area (Å²) in [6.07, 6.45) is -1.61. The van der Waals surface area contributed by atoms with Gasteiger partial charge in [0.2, 0.25) is 0 Å². The highest BCUT2D eigenvalue weighted by Gasteiger charge is 2.31. The molecular weight excluding hydrogens is 435 g/mol. The first-order valence-corrected chi connectivity index (χ1v) is 10.5. The van der Waals surface area contributed by atoms with Gasteiger partial charge in [-0.05, 0) is 31.2 Å². The van der Waals surface area contributed by atoms with E-state index in [1.807, 2.05) is 4.90 Å². The van der Waals surface area contributed by atoms with Crippen LogP contribution in [0.1, 0.15) is 12.5 Å². The van der Waals surface area contributed by atoms with E-state index in [0.717, 1.165) is 12.1 Å². The Balaban J connectivity index is 1.69. The van der Waals surface area contributed by atoms with E-state index in [0.29, 0.717) is 61.2 Å². The third-order valence-electron chi connectivity index (χ3n) is 5.27. The van der Waals surface area contributed by atoms with Gasteiger partial charge >= 0.3 is 12.3 Å². The molecule has 1 fully saturated rings. The van der Waals surface area contributed by atoms with Crippen molar-refractivity contribution in [2.24, 2.45) is 0 Å². The van der Waals surface area contributed by atoms with E-state index in [2.05, 4.69) is 15.0 Å². The first kappa shape index (κ1) is 22.5. The number of amides is 1. The molecule has 4 rings (SSSR count). The van der Waals surface area contributed by atoms with Crippen molar-refractivity contribution in [2.75, 3.05) is 37.7 Å². The third kappa shape index (κ3) is 5.21. The minimum atomic E-state index is -4.46. The van der Waals surface area contributed by atoms with Gasteiger partial charge in [-0.2, -0.15) is 13.2 Å². The predicted molar refractivity (Wildman–Crippen MR) is 117 cm³/mol. The lowest BCUT2D eigenvalue weighted by Gasteiger charge is -2.35. The van der Waals surface area contributed by atoms with Crippen LogP contribution >= 0.6 is 0 Å². The lowest BCUT2D eigenvalue weighted by Crippen LogP contribution is -2.49. The normalized spacial score (nSPS) is 14.3. The van der Waals surface area contributed by atoms with Crippen LogP contribution in [0.15, 0.2) is 54.9 Å². The van der Waals surface area contributed by atoms with Crippen LogP contribution in [0, 0.1) is 0 Å². The first-order valence-electron chi connectivity index (χ1n) is 10.5. The van der Waals surface area contributed by atoms with Crippen LogP contribution in [0.4, 0.5) is 23.8 Å². The Morgan fingerprint density at radius 1 is 1.00 bits per heavy atom. The lowest BCUT2D eigenvalue weighted by molar-refractivity contribution is -0.137. The number of halogens is 3. The maximum absolute atomic E-state index is 13.3. The zero-order valence-electron chi connectivity index (χ0n) is 17.9. The Bertz CT molecular complexity index is 1120. The molecule has 3 aromatic rings. The standard InChI is InChI=1S/C23H22F3N5O2/c1-2-33-22(32)31-12-10-30(11-13-31)20-15-19(17-4-3-5-18(14-17)23(24,25)26)28-21(29-20)16-6-8-27-9-7-16/h3-9,14-15H,2,10-13H2,1H3. The number of carbonyl (C=O) groups is 1. The lowest BCUT2D eigenvalue weighted by atomic mass is 10.1. The van der Waals surface area contributed by atoms with Gasteiger partial charge in [0.05, 0.1) is 17.9 Å². The average Bonchev–Trinajstić information content (AvgIpc) is 2.84. The second-order valence-electron chi connectivity index (χ2n) is 7.42. The van der Waals surface area contributed by atoms with Crippen LogP contribution in [0.2, 0.25) is 0 Å². The molecule has 1 aliphatic heterocycles. The summed E-state index contributed by atoms with van der Waals surface area (Å²) in [4.78, 5) is 28.8. The Hall–Kier alpha value is -3.69. The van der Waals surface area contributed by atoms with Gasteiger partial charge in [-0.15, -0.1) is 0 Å². The number of anilines is 1. The molecule has 3 heterocycles. The van der Waals surface area contributed by atoms with Gasteiger partial charge in [0.25, 0.3) is 0 Å². The van der Waals surface area contributed by atoms with Gasteiger partial charge in [-0.25, -0.2) is 14.8 Å². The number of rotatable bonds is 4. The number of aromatic nitrogens is 3. The summed E-state index contributed by atoms with van der Waals surface area (Å²) in [5, 5.41) is 0. The van der Waals surface area contributed by atoms with E-state index >= 15 is 0 Å². The van der Waals surface area contributed by atoms with Crippen molar-refractivity contribution in [2.45, 2.75) is 13.1 Å². The van der Waals surface area contributed by atoms with Crippen molar-refractivity contribution in [3.63, 3.8) is 0 Å². The molecule has 2 aromatic heterocycles. The Labute approximate surface area is 188 Å². The van der Waals surface area contributed by atoms with Crippen molar-refractivity contribution >= 4 is 11.9 Å². The second-order valence-corrected chi connectivity index (χ2v) is 7.42. The molecule has 33 heavy (non-hydrogen) atoms. The van der Waals surface area contributed by atoms with Crippen LogP contribution in [0.3, 0.4) is 0 Å². The van der Waals surface area contributed by atoms with Gasteiger partial charge in [0.1, 0.15) is 5.82 Å². The predicted octanol–water partition coefficient (Wildman–Crippen LogP) is 4.50. The fourth-order valence-electron chi connectivity index (χ4n) is 3.56. The maximum atomic E-state index is 13.3. The van der Waals surface area contributed by atoms with Crippen LogP contribution < -0.4 is 4.90 Å². The van der Waals surface area contributed by atoms with Crippen molar-refractivity contribution in [1.29, 1.82) is 0 Å². The van der Waals surface area contributed by atoms with Crippen LogP contribution in [-0.2, 0) is 10.9 Å². The smallest absolute Gasteiger partial charge is 0.416 e. The summed E-state index contributed by atoms with van der Waals surface area (Å²) in [7, 11) is 0. The Kier molecular flexibility index (Phi) is 6.43. The van der Waals surface area contributed by atoms with Gasteiger partial charge in [-0.3, -0.25) is 4.98 Å². The number of benzene rings is 1. The summed E-state index contributed by atoms with van der Waals surface area (Å²) in [6, 6.07) is 10.2. The van der Waals surface area contributed by atoms with E-state index in [1.165, 1.54) is 6.07 Å². The van der Waals surface area contributed by atoms with Crippen molar-refractivity contribution in [3.8, 4) is 22.6 Å². The molecule has 1 aromatic carbocycles. The van der Waals surface area contributed by atoms with E-state index in [1.54, 1.807) is 48.5 Å². The summed E-state index contributed by atoms with van der Waals surface area (Å²) in [6.45, 7) is 3.98. The van der Waals surface area contributed by atoms with Crippen molar-refractivity contribution in [1.82, 2.24) is 19.9 Å². The number of alkyl halides is 3. The van der Waals surface area contributed by atoms with Crippen LogP contribution in [0.25, 0.3) is 22.6 Å². The molecule has 1 saturated heterocycles. The topological polar surface area (TPSA) is 71.5 Å². The zero-order valence-corrected chi connectivity index (χ0v) is 17.9. The summed E-state index contributed by atoms with van der Waals surface area (Å²) >= 11 is 0. The highest BCUT2D eigenvalue weighted by molar-refractivity contribution is 5.70. The van der Waals surface area contributed by atoms with Crippen LogP contribution in [0.5, 0.6) is 0 Å². The molecule has 1 amide bonds. The second kappa shape index (κ2) is 9.43. The van der Waals surface area contributed by atoms with Crippen molar-refractivity contribution in [3.05, 3.63) is 60.4 Å².